The Balaban J connectivity index is 2.77. The highest BCUT2D eigenvalue weighted by molar-refractivity contribution is 8.16. The monoisotopic (exact) mass is 402 g/mol. The molecule has 24 heavy (non-hydrogen) atoms. The first-order valence-corrected chi connectivity index (χ1v) is 13.5. The average molecular weight is 403 g/mol. The van der Waals surface area contributed by atoms with Gasteiger partial charge >= 0.3 is 0 Å². The Labute approximate surface area is 167 Å². The minimum atomic E-state index is 0.601. The van der Waals surface area contributed by atoms with Crippen molar-refractivity contribution in [2.24, 2.45) is 0 Å². The van der Waals surface area contributed by atoms with Crippen molar-refractivity contribution in [2.75, 3.05) is 23.0 Å². The van der Waals surface area contributed by atoms with Gasteiger partial charge in [-0.25, -0.2) is 0 Å². The lowest BCUT2D eigenvalue weighted by Crippen LogP contribution is -1.96. The van der Waals surface area contributed by atoms with Crippen molar-refractivity contribution < 1.29 is 0 Å². The number of hydrogen-bond donors (Lipinski definition) is 0. The van der Waals surface area contributed by atoms with E-state index in [-0.39, 0.29) is 0 Å². The quantitative estimate of drug-likeness (QED) is 0.287. The van der Waals surface area contributed by atoms with Gasteiger partial charge in [-0.3, -0.25) is 0 Å². The molecule has 0 aliphatic heterocycles. The summed E-state index contributed by atoms with van der Waals surface area (Å²) in [6.45, 7) is 9.10. The molecule has 1 aromatic rings. The minimum Gasteiger partial charge on any atom is -0.143 e. The average Bonchev–Trinajstić information content (AvgIpc) is 2.62. The molecule has 0 saturated heterocycles. The SMILES string of the molecule is CCCSC(SCCC)c1ccc(C(SCCC)SCCC)cc1. The van der Waals surface area contributed by atoms with Crippen molar-refractivity contribution in [1.82, 2.24) is 0 Å². The summed E-state index contributed by atoms with van der Waals surface area (Å²) in [5.74, 6) is 5.02. The third kappa shape index (κ3) is 8.82. The molecule has 0 heterocycles. The molecule has 138 valence electrons. The van der Waals surface area contributed by atoms with Gasteiger partial charge in [0.15, 0.2) is 0 Å². The van der Waals surface area contributed by atoms with Crippen LogP contribution in [0.1, 0.15) is 73.7 Å². The van der Waals surface area contributed by atoms with E-state index < -0.39 is 0 Å². The number of rotatable bonds is 14. The molecule has 0 aromatic heterocycles. The maximum absolute atomic E-state index is 2.39. The van der Waals surface area contributed by atoms with Crippen LogP contribution in [0.5, 0.6) is 0 Å². The van der Waals surface area contributed by atoms with E-state index >= 15 is 0 Å². The largest absolute Gasteiger partial charge is 0.143 e. The molecular weight excluding hydrogens is 368 g/mol. The molecule has 0 saturated carbocycles. The smallest absolute Gasteiger partial charge is 0.0751 e. The fourth-order valence-electron chi connectivity index (χ4n) is 2.19. The van der Waals surface area contributed by atoms with Crippen LogP contribution in [0.25, 0.3) is 0 Å². The third-order valence-corrected chi connectivity index (χ3v) is 9.88. The van der Waals surface area contributed by atoms with E-state index in [1.807, 2.05) is 0 Å². The summed E-state index contributed by atoms with van der Waals surface area (Å²) in [5, 5.41) is 0. The molecule has 0 fully saturated rings. The summed E-state index contributed by atoms with van der Waals surface area (Å²) < 4.78 is 1.20. The predicted molar refractivity (Wildman–Crippen MR) is 123 cm³/mol. The van der Waals surface area contributed by atoms with Gasteiger partial charge in [-0.15, -0.1) is 47.0 Å². The van der Waals surface area contributed by atoms with Crippen LogP contribution in [0, 0.1) is 0 Å². The van der Waals surface area contributed by atoms with Crippen LogP contribution in [-0.2, 0) is 0 Å². The topological polar surface area (TPSA) is 0 Å². The van der Waals surface area contributed by atoms with Crippen LogP contribution >= 0.6 is 47.0 Å². The fraction of sp³-hybridized carbons (Fsp3) is 0.700. The highest BCUT2D eigenvalue weighted by Crippen LogP contribution is 2.43. The molecule has 0 atom stereocenters. The van der Waals surface area contributed by atoms with Crippen LogP contribution < -0.4 is 0 Å². The van der Waals surface area contributed by atoms with Gasteiger partial charge in [0.1, 0.15) is 0 Å². The second-order valence-corrected chi connectivity index (χ2v) is 11.3. The van der Waals surface area contributed by atoms with Crippen molar-refractivity contribution in [3.63, 3.8) is 0 Å². The van der Waals surface area contributed by atoms with E-state index in [1.54, 1.807) is 0 Å². The van der Waals surface area contributed by atoms with Crippen LogP contribution in [-0.4, -0.2) is 23.0 Å². The normalized spacial score (nSPS) is 11.6. The van der Waals surface area contributed by atoms with Crippen LogP contribution in [0.3, 0.4) is 0 Å². The molecule has 0 nitrogen and oxygen atoms in total. The van der Waals surface area contributed by atoms with Gasteiger partial charge in [0.05, 0.1) is 9.16 Å². The van der Waals surface area contributed by atoms with Crippen molar-refractivity contribution in [3.05, 3.63) is 35.4 Å². The van der Waals surface area contributed by atoms with Crippen LogP contribution in [0.15, 0.2) is 24.3 Å². The lowest BCUT2D eigenvalue weighted by Gasteiger charge is -2.19. The van der Waals surface area contributed by atoms with Gasteiger partial charge in [-0.05, 0) is 59.8 Å². The summed E-state index contributed by atoms with van der Waals surface area (Å²) in [6.07, 6.45) is 5.04. The molecule has 0 N–H and O–H groups in total. The van der Waals surface area contributed by atoms with E-state index in [9.17, 15) is 0 Å². The summed E-state index contributed by atoms with van der Waals surface area (Å²) in [5.41, 5.74) is 2.99. The van der Waals surface area contributed by atoms with E-state index in [0.717, 1.165) is 0 Å². The van der Waals surface area contributed by atoms with Crippen molar-refractivity contribution >= 4 is 47.0 Å². The summed E-state index contributed by atoms with van der Waals surface area (Å²) in [6, 6.07) is 9.54. The molecule has 0 bridgehead atoms. The molecular formula is C20H34S4. The zero-order valence-corrected chi connectivity index (χ0v) is 19.0. The number of thioether (sulfide) groups is 4. The van der Waals surface area contributed by atoms with Crippen LogP contribution in [0.4, 0.5) is 0 Å². The molecule has 0 amide bonds. The molecule has 0 spiro atoms. The first kappa shape index (κ1) is 22.7. The maximum Gasteiger partial charge on any atom is 0.0751 e. The zero-order valence-electron chi connectivity index (χ0n) is 15.8. The molecule has 0 aliphatic carbocycles. The van der Waals surface area contributed by atoms with Gasteiger partial charge in [-0.2, -0.15) is 0 Å². The third-order valence-electron chi connectivity index (χ3n) is 3.37. The Morgan fingerprint density at radius 1 is 0.542 bits per heavy atom. The summed E-state index contributed by atoms with van der Waals surface area (Å²) in [7, 11) is 0. The molecule has 0 aliphatic rings. The highest BCUT2D eigenvalue weighted by Gasteiger charge is 2.15. The van der Waals surface area contributed by atoms with Crippen molar-refractivity contribution in [1.29, 1.82) is 0 Å². The second-order valence-electron chi connectivity index (χ2n) is 5.81. The number of benzene rings is 1. The fourth-order valence-corrected chi connectivity index (χ4v) is 7.31. The van der Waals surface area contributed by atoms with E-state index in [0.29, 0.717) is 9.16 Å². The molecule has 4 heteroatoms. The van der Waals surface area contributed by atoms with Crippen molar-refractivity contribution in [3.8, 4) is 0 Å². The Bertz CT molecular complexity index is 350. The molecule has 0 unspecified atom stereocenters. The minimum absolute atomic E-state index is 0.601. The lowest BCUT2D eigenvalue weighted by atomic mass is 10.2. The first-order valence-electron chi connectivity index (χ1n) is 9.32. The molecule has 1 aromatic carbocycles. The van der Waals surface area contributed by atoms with E-state index in [1.165, 1.54) is 59.8 Å². The Morgan fingerprint density at radius 2 is 0.792 bits per heavy atom. The second kappa shape index (κ2) is 14.8. The Kier molecular flexibility index (Phi) is 13.9. The lowest BCUT2D eigenvalue weighted by molar-refractivity contribution is 1.09. The predicted octanol–water partition coefficient (Wildman–Crippen LogP) is 8.26. The first-order chi connectivity index (χ1) is 11.8. The van der Waals surface area contributed by atoms with Crippen molar-refractivity contribution in [2.45, 2.75) is 62.5 Å². The van der Waals surface area contributed by atoms with Gasteiger partial charge in [-0.1, -0.05) is 52.0 Å². The Hall–Kier alpha value is 0.620. The molecule has 0 radical (unpaired) electrons. The number of hydrogen-bond acceptors (Lipinski definition) is 4. The van der Waals surface area contributed by atoms with Crippen LogP contribution in [0.2, 0.25) is 0 Å². The maximum atomic E-state index is 2.39. The highest BCUT2D eigenvalue weighted by atomic mass is 32.2. The standard InChI is InChI=1S/C20H34S4/c1-5-13-21-19(22-14-6-2)17-9-11-18(12-10-17)20(23-15-7-3)24-16-8-4/h9-12,19-20H,5-8,13-16H2,1-4H3. The van der Waals surface area contributed by atoms with Gasteiger partial charge in [0.2, 0.25) is 0 Å². The van der Waals surface area contributed by atoms with E-state index in [4.69, 9.17) is 0 Å². The Morgan fingerprint density at radius 3 is 1.00 bits per heavy atom. The van der Waals surface area contributed by atoms with E-state index in [2.05, 4.69) is 99.0 Å². The van der Waals surface area contributed by atoms with Gasteiger partial charge in [0.25, 0.3) is 0 Å². The zero-order chi connectivity index (χ0) is 17.6. The summed E-state index contributed by atoms with van der Waals surface area (Å²) in [4.78, 5) is 0. The summed E-state index contributed by atoms with van der Waals surface area (Å²) >= 11 is 8.44. The molecule has 1 rings (SSSR count). The van der Waals surface area contributed by atoms with Gasteiger partial charge < -0.3 is 0 Å². The van der Waals surface area contributed by atoms with Gasteiger partial charge in [0, 0.05) is 0 Å².